The summed E-state index contributed by atoms with van der Waals surface area (Å²) in [5, 5.41) is 3.18. The Labute approximate surface area is 161 Å². The van der Waals surface area contributed by atoms with Crippen LogP contribution in [0.4, 0.5) is 5.95 Å². The van der Waals surface area contributed by atoms with E-state index in [0.717, 1.165) is 19.3 Å². The number of rotatable bonds is 7. The third-order valence-electron chi connectivity index (χ3n) is 4.03. The first-order valence-electron chi connectivity index (χ1n) is 8.27. The van der Waals surface area contributed by atoms with E-state index in [-0.39, 0.29) is 0 Å². The van der Waals surface area contributed by atoms with Crippen LogP contribution >= 0.6 is 0 Å². The van der Waals surface area contributed by atoms with E-state index in [9.17, 15) is 8.42 Å². The first-order valence-corrected chi connectivity index (χ1v) is 9.66. The highest BCUT2D eigenvalue weighted by atomic mass is 32.2. The van der Waals surface area contributed by atoms with Crippen molar-refractivity contribution in [2.75, 3.05) is 12.4 Å². The summed E-state index contributed by atoms with van der Waals surface area (Å²) in [5.41, 5.74) is 2.02. The number of aromatic nitrogens is 6. The molecule has 0 atom stereocenters. The Balaban J connectivity index is 1.46. The fraction of sp³-hybridized carbons (Fsp3) is 0.118. The number of nitrogens with zero attached hydrogens (tertiary/aromatic N) is 5. The molecule has 0 amide bonds. The molecule has 28 heavy (non-hydrogen) atoms. The Morgan fingerprint density at radius 1 is 1.14 bits per heavy atom. The van der Waals surface area contributed by atoms with Crippen molar-refractivity contribution in [3.63, 3.8) is 0 Å². The van der Waals surface area contributed by atoms with Gasteiger partial charge in [-0.1, -0.05) is 12.1 Å². The Morgan fingerprint density at radius 3 is 2.68 bits per heavy atom. The molecule has 0 aliphatic heterocycles. The molecule has 0 saturated heterocycles. The Kier molecular flexibility index (Phi) is 4.57. The summed E-state index contributed by atoms with van der Waals surface area (Å²) in [6, 6.07) is 7.69. The van der Waals surface area contributed by atoms with E-state index in [2.05, 4.69) is 25.3 Å². The van der Waals surface area contributed by atoms with E-state index in [0.29, 0.717) is 23.9 Å². The number of H-pyrrole nitrogens is 1. The van der Waals surface area contributed by atoms with Gasteiger partial charge in [-0.15, -0.1) is 0 Å². The first-order chi connectivity index (χ1) is 13.6. The number of anilines is 1. The zero-order chi connectivity index (χ0) is 19.6. The topological polar surface area (TPSA) is 120 Å². The van der Waals surface area contributed by atoms with Crippen LogP contribution < -0.4 is 10.1 Å². The highest BCUT2D eigenvalue weighted by Gasteiger charge is 2.17. The van der Waals surface area contributed by atoms with Gasteiger partial charge in [-0.05, 0) is 17.7 Å². The summed E-state index contributed by atoms with van der Waals surface area (Å²) in [6.45, 7) is 0.570. The van der Waals surface area contributed by atoms with E-state index >= 15 is 0 Å². The second kappa shape index (κ2) is 7.19. The zero-order valence-corrected chi connectivity index (χ0v) is 15.7. The minimum Gasteiger partial charge on any atom is -0.497 e. The Morgan fingerprint density at radius 2 is 1.96 bits per heavy atom. The van der Waals surface area contributed by atoms with Gasteiger partial charge in [0.05, 0.1) is 13.3 Å². The lowest BCUT2D eigenvalue weighted by Gasteiger charge is -2.04. The van der Waals surface area contributed by atoms with Gasteiger partial charge in [-0.2, -0.15) is 8.42 Å². The Bertz CT molecular complexity index is 1160. The average Bonchev–Trinajstić information content (AvgIpc) is 3.48. The molecule has 2 N–H and O–H groups in total. The van der Waals surface area contributed by atoms with E-state index < -0.39 is 10.2 Å². The molecule has 0 aliphatic rings. The highest BCUT2D eigenvalue weighted by Crippen LogP contribution is 2.18. The van der Waals surface area contributed by atoms with Gasteiger partial charge in [0.25, 0.3) is 0 Å². The summed E-state index contributed by atoms with van der Waals surface area (Å²) >= 11 is 0. The molecule has 0 fully saturated rings. The summed E-state index contributed by atoms with van der Waals surface area (Å²) in [7, 11) is -2.16. The van der Waals surface area contributed by atoms with Crippen LogP contribution in [0.3, 0.4) is 0 Å². The molecule has 0 unspecified atom stereocenters. The van der Waals surface area contributed by atoms with Crippen molar-refractivity contribution in [1.82, 2.24) is 27.9 Å². The quantitative estimate of drug-likeness (QED) is 0.486. The van der Waals surface area contributed by atoms with Crippen LogP contribution in [0.25, 0.3) is 11.4 Å². The fourth-order valence-electron chi connectivity index (χ4n) is 2.53. The van der Waals surface area contributed by atoms with Crippen LogP contribution in [0, 0.1) is 0 Å². The number of nitrogens with one attached hydrogen (secondary N) is 2. The molecule has 144 valence electrons. The number of hydrogen-bond donors (Lipinski definition) is 2. The second-order valence-electron chi connectivity index (χ2n) is 5.83. The minimum absolute atomic E-state index is 0.428. The van der Waals surface area contributed by atoms with Gasteiger partial charge in [0.2, 0.25) is 5.95 Å². The van der Waals surface area contributed by atoms with Crippen LogP contribution in [0.5, 0.6) is 5.75 Å². The predicted molar refractivity (Wildman–Crippen MR) is 102 cm³/mol. The lowest BCUT2D eigenvalue weighted by molar-refractivity contribution is 0.414. The van der Waals surface area contributed by atoms with Crippen molar-refractivity contribution in [3.05, 3.63) is 67.3 Å². The van der Waals surface area contributed by atoms with Crippen molar-refractivity contribution in [2.45, 2.75) is 6.54 Å². The van der Waals surface area contributed by atoms with Crippen molar-refractivity contribution in [3.8, 4) is 17.1 Å². The molecule has 10 nitrogen and oxygen atoms in total. The first kappa shape index (κ1) is 17.8. The monoisotopic (exact) mass is 399 g/mol. The number of methoxy groups -OCH3 is 1. The largest absolute Gasteiger partial charge is 0.497 e. The molecule has 0 spiro atoms. The van der Waals surface area contributed by atoms with Crippen LogP contribution in [0.1, 0.15) is 5.56 Å². The molecule has 3 aromatic heterocycles. The zero-order valence-electron chi connectivity index (χ0n) is 14.8. The molecule has 3 heterocycles. The van der Waals surface area contributed by atoms with Crippen LogP contribution in [0.15, 0.2) is 61.7 Å². The van der Waals surface area contributed by atoms with Gasteiger partial charge >= 0.3 is 10.2 Å². The molecule has 1 aromatic carbocycles. The molecule has 11 heteroatoms. The van der Waals surface area contributed by atoms with Crippen LogP contribution in [-0.2, 0) is 16.8 Å². The van der Waals surface area contributed by atoms with E-state index in [4.69, 9.17) is 4.74 Å². The molecule has 0 radical (unpaired) electrons. The molecule has 0 bridgehead atoms. The van der Waals surface area contributed by atoms with Crippen molar-refractivity contribution in [2.24, 2.45) is 0 Å². The standard InChI is InChI=1S/C17H17N7O3S/c1-27-14-4-2-13(3-5-14)8-19-17-20-9-15(22-17)16-10-24(12-21-16)28(25,26)23-7-6-18-11-23/h2-7,9-12H,8H2,1H3,(H2,19,20,22). The molecule has 0 aliphatic carbocycles. The molecule has 0 saturated carbocycles. The number of imidazole rings is 3. The van der Waals surface area contributed by atoms with Crippen LogP contribution in [-0.4, -0.2) is 43.4 Å². The van der Waals surface area contributed by atoms with Crippen LogP contribution in [0.2, 0.25) is 0 Å². The molecule has 4 rings (SSSR count). The van der Waals surface area contributed by atoms with Gasteiger partial charge < -0.3 is 15.0 Å². The molecule has 4 aromatic rings. The maximum atomic E-state index is 12.4. The highest BCUT2D eigenvalue weighted by molar-refractivity contribution is 7.88. The number of hydrogen-bond acceptors (Lipinski definition) is 7. The van der Waals surface area contributed by atoms with E-state index in [1.165, 1.54) is 31.2 Å². The number of aromatic amines is 1. The molecular formula is C17H17N7O3S. The van der Waals surface area contributed by atoms with Gasteiger partial charge in [0, 0.05) is 25.1 Å². The minimum atomic E-state index is -3.78. The predicted octanol–water partition coefficient (Wildman–Crippen LogP) is 1.73. The fourth-order valence-corrected chi connectivity index (χ4v) is 3.53. The van der Waals surface area contributed by atoms with Gasteiger partial charge in [0.1, 0.15) is 29.8 Å². The van der Waals surface area contributed by atoms with Gasteiger partial charge in [-0.25, -0.2) is 22.9 Å². The molecular weight excluding hydrogens is 382 g/mol. The normalized spacial score (nSPS) is 11.5. The summed E-state index contributed by atoms with van der Waals surface area (Å²) in [4.78, 5) is 15.3. The summed E-state index contributed by atoms with van der Waals surface area (Å²) in [5.74, 6) is 1.35. The van der Waals surface area contributed by atoms with Crippen molar-refractivity contribution >= 4 is 16.2 Å². The average molecular weight is 399 g/mol. The number of ether oxygens (including phenoxy) is 1. The lowest BCUT2D eigenvalue weighted by atomic mass is 10.2. The van der Waals surface area contributed by atoms with E-state index in [1.54, 1.807) is 13.3 Å². The Hall–Kier alpha value is -3.60. The third kappa shape index (κ3) is 3.47. The third-order valence-corrected chi connectivity index (χ3v) is 5.51. The SMILES string of the molecule is COc1ccc(CNc2nc(-c3cn(S(=O)(=O)n4ccnc4)cn3)c[nH]2)cc1. The maximum absolute atomic E-state index is 12.4. The number of benzene rings is 1. The maximum Gasteiger partial charge on any atom is 0.335 e. The van der Waals surface area contributed by atoms with Crippen molar-refractivity contribution in [1.29, 1.82) is 0 Å². The van der Waals surface area contributed by atoms with Gasteiger partial charge in [-0.3, -0.25) is 0 Å². The van der Waals surface area contributed by atoms with E-state index in [1.807, 2.05) is 24.3 Å². The summed E-state index contributed by atoms with van der Waals surface area (Å²) in [6.07, 6.45) is 8.24. The van der Waals surface area contributed by atoms with Gasteiger partial charge in [0.15, 0.2) is 0 Å². The second-order valence-corrected chi connectivity index (χ2v) is 7.56. The van der Waals surface area contributed by atoms with Crippen molar-refractivity contribution < 1.29 is 13.2 Å². The lowest BCUT2D eigenvalue weighted by Crippen LogP contribution is -2.18. The summed E-state index contributed by atoms with van der Waals surface area (Å²) < 4.78 is 32.1. The smallest absolute Gasteiger partial charge is 0.335 e.